The summed E-state index contributed by atoms with van der Waals surface area (Å²) in [5, 5.41) is 0.895. The summed E-state index contributed by atoms with van der Waals surface area (Å²) in [6, 6.07) is 20.8. The van der Waals surface area contributed by atoms with Crippen molar-refractivity contribution in [1.29, 1.82) is 0 Å². The molecule has 0 aliphatic rings. The zero-order chi connectivity index (χ0) is 25.9. The lowest BCUT2D eigenvalue weighted by atomic mass is 9.98. The summed E-state index contributed by atoms with van der Waals surface area (Å²) < 4.78 is 31.5. The Morgan fingerprint density at radius 3 is 2.47 bits per heavy atom. The molecule has 0 saturated carbocycles. The number of rotatable bonds is 9. The Morgan fingerprint density at radius 2 is 1.81 bits per heavy atom. The highest BCUT2D eigenvalue weighted by Crippen LogP contribution is 2.35. The summed E-state index contributed by atoms with van der Waals surface area (Å²) in [5.74, 6) is -0.0603. The molecule has 36 heavy (non-hydrogen) atoms. The SMILES string of the molecule is CCOC(=O)C(Cc1ccccc1)c1nc(C(C)C)cn1-c1ccc(-c2cccc(S(C)(=O)=O)c2)s1. The summed E-state index contributed by atoms with van der Waals surface area (Å²) in [4.78, 5) is 19.3. The molecule has 0 aliphatic carbocycles. The minimum Gasteiger partial charge on any atom is -0.465 e. The highest BCUT2D eigenvalue weighted by atomic mass is 32.2. The monoisotopic (exact) mass is 522 g/mol. The molecule has 0 saturated heterocycles. The highest BCUT2D eigenvalue weighted by Gasteiger charge is 2.29. The molecule has 0 aliphatic heterocycles. The number of benzene rings is 2. The van der Waals surface area contributed by atoms with Crippen LogP contribution in [0.3, 0.4) is 0 Å². The van der Waals surface area contributed by atoms with Crippen molar-refractivity contribution < 1.29 is 17.9 Å². The molecular formula is C28H30N2O4S2. The fourth-order valence-electron chi connectivity index (χ4n) is 3.98. The first-order valence-corrected chi connectivity index (χ1v) is 14.6. The zero-order valence-corrected chi connectivity index (χ0v) is 22.5. The van der Waals surface area contributed by atoms with Crippen LogP contribution < -0.4 is 0 Å². The first-order chi connectivity index (χ1) is 17.2. The van der Waals surface area contributed by atoms with Gasteiger partial charge in [-0.1, -0.05) is 56.3 Å². The normalized spacial score (nSPS) is 12.6. The topological polar surface area (TPSA) is 78.3 Å². The van der Waals surface area contributed by atoms with Gasteiger partial charge in [-0.3, -0.25) is 9.36 Å². The predicted molar refractivity (Wildman–Crippen MR) is 144 cm³/mol. The Bertz CT molecular complexity index is 1450. The lowest BCUT2D eigenvalue weighted by Gasteiger charge is -2.16. The average molecular weight is 523 g/mol. The van der Waals surface area contributed by atoms with Crippen molar-refractivity contribution in [1.82, 2.24) is 9.55 Å². The van der Waals surface area contributed by atoms with Crippen LogP contribution in [0.15, 0.2) is 77.8 Å². The number of sulfone groups is 1. The van der Waals surface area contributed by atoms with E-state index in [0.717, 1.165) is 26.7 Å². The van der Waals surface area contributed by atoms with E-state index in [1.807, 2.05) is 59.3 Å². The molecule has 4 rings (SSSR count). The largest absolute Gasteiger partial charge is 0.465 e. The summed E-state index contributed by atoms with van der Waals surface area (Å²) in [7, 11) is -3.31. The number of imidazole rings is 1. The molecule has 0 amide bonds. The van der Waals surface area contributed by atoms with E-state index in [0.29, 0.717) is 18.9 Å². The number of aromatic nitrogens is 2. The average Bonchev–Trinajstić information content (AvgIpc) is 3.51. The fourth-order valence-corrected chi connectivity index (χ4v) is 5.63. The molecule has 2 aromatic heterocycles. The van der Waals surface area contributed by atoms with Gasteiger partial charge < -0.3 is 4.74 Å². The van der Waals surface area contributed by atoms with Gasteiger partial charge in [0.2, 0.25) is 0 Å². The number of nitrogens with zero attached hydrogens (tertiary/aromatic N) is 2. The number of esters is 1. The van der Waals surface area contributed by atoms with Gasteiger partial charge in [0.05, 0.1) is 17.2 Å². The summed E-state index contributed by atoms with van der Waals surface area (Å²) >= 11 is 1.52. The Balaban J connectivity index is 1.79. The van der Waals surface area contributed by atoms with E-state index >= 15 is 0 Å². The maximum absolute atomic E-state index is 13.1. The van der Waals surface area contributed by atoms with E-state index in [1.54, 1.807) is 25.1 Å². The van der Waals surface area contributed by atoms with Crippen LogP contribution in [-0.2, 0) is 25.8 Å². The molecule has 0 bridgehead atoms. The Labute approximate surface area is 216 Å². The molecule has 0 N–H and O–H groups in total. The molecular weight excluding hydrogens is 492 g/mol. The maximum atomic E-state index is 13.1. The lowest BCUT2D eigenvalue weighted by molar-refractivity contribution is -0.145. The first-order valence-electron chi connectivity index (χ1n) is 11.9. The van der Waals surface area contributed by atoms with E-state index in [-0.39, 0.29) is 16.8 Å². The van der Waals surface area contributed by atoms with E-state index in [9.17, 15) is 13.2 Å². The number of carbonyl (C=O) groups is 1. The standard InChI is InChI=1S/C28H30N2O4S2/c1-5-34-28(31)23(16-20-10-7-6-8-11-20)27-29-24(19(2)3)18-30(27)26-15-14-25(35-26)21-12-9-13-22(17-21)36(4,32)33/h6-15,17-19,23H,5,16H2,1-4H3. The van der Waals surface area contributed by atoms with E-state index in [4.69, 9.17) is 9.72 Å². The third-order valence-corrected chi connectivity index (χ3v) is 8.13. The molecule has 0 spiro atoms. The van der Waals surface area contributed by atoms with Crippen LogP contribution >= 0.6 is 11.3 Å². The van der Waals surface area contributed by atoms with Gasteiger partial charge in [0, 0.05) is 17.3 Å². The molecule has 0 radical (unpaired) electrons. The van der Waals surface area contributed by atoms with Gasteiger partial charge in [0.25, 0.3) is 0 Å². The third kappa shape index (κ3) is 5.77. The van der Waals surface area contributed by atoms with Crippen LogP contribution in [0, 0.1) is 0 Å². The third-order valence-electron chi connectivity index (χ3n) is 5.88. The van der Waals surface area contributed by atoms with Crippen molar-refractivity contribution in [2.24, 2.45) is 0 Å². The minimum atomic E-state index is -3.31. The second-order valence-electron chi connectivity index (χ2n) is 8.98. The first kappa shape index (κ1) is 25.9. The van der Waals surface area contributed by atoms with Gasteiger partial charge >= 0.3 is 5.97 Å². The maximum Gasteiger partial charge on any atom is 0.316 e. The number of carbonyl (C=O) groups excluding carboxylic acids is 1. The molecule has 8 heteroatoms. The van der Waals surface area contributed by atoms with Gasteiger partial charge in [-0.15, -0.1) is 11.3 Å². The van der Waals surface area contributed by atoms with Gasteiger partial charge in [0.15, 0.2) is 9.84 Å². The minimum absolute atomic E-state index is 0.176. The number of hydrogen-bond donors (Lipinski definition) is 0. The quantitative estimate of drug-likeness (QED) is 0.251. The van der Waals surface area contributed by atoms with Gasteiger partial charge in [-0.05, 0) is 54.7 Å². The number of ether oxygens (including phenoxy) is 1. The summed E-state index contributed by atoms with van der Waals surface area (Å²) in [5.41, 5.74) is 2.74. The molecule has 1 unspecified atom stereocenters. The van der Waals surface area contributed by atoms with Crippen molar-refractivity contribution in [2.45, 2.75) is 43.9 Å². The molecule has 6 nitrogen and oxygen atoms in total. The second-order valence-corrected chi connectivity index (χ2v) is 12.1. The summed E-state index contributed by atoms with van der Waals surface area (Å²) in [6.45, 7) is 6.24. The van der Waals surface area contributed by atoms with E-state index < -0.39 is 15.8 Å². The Morgan fingerprint density at radius 1 is 1.06 bits per heavy atom. The molecule has 1 atom stereocenters. The van der Waals surface area contributed by atoms with Crippen LogP contribution in [0.5, 0.6) is 0 Å². The van der Waals surface area contributed by atoms with Crippen molar-refractivity contribution in [3.63, 3.8) is 0 Å². The van der Waals surface area contributed by atoms with Crippen molar-refractivity contribution in [3.8, 4) is 15.4 Å². The van der Waals surface area contributed by atoms with Crippen LogP contribution in [0.1, 0.15) is 49.7 Å². The summed E-state index contributed by atoms with van der Waals surface area (Å²) in [6.07, 6.45) is 3.67. The molecule has 2 aromatic carbocycles. The Hall–Kier alpha value is -3.23. The highest BCUT2D eigenvalue weighted by molar-refractivity contribution is 7.90. The molecule has 188 valence electrons. The van der Waals surface area contributed by atoms with Crippen LogP contribution in [0.2, 0.25) is 0 Å². The number of hydrogen-bond acceptors (Lipinski definition) is 6. The molecule has 2 heterocycles. The van der Waals surface area contributed by atoms with E-state index in [1.165, 1.54) is 17.6 Å². The van der Waals surface area contributed by atoms with Gasteiger partial charge in [0.1, 0.15) is 16.7 Å². The van der Waals surface area contributed by atoms with E-state index in [2.05, 4.69) is 13.8 Å². The van der Waals surface area contributed by atoms with Crippen LogP contribution in [-0.4, -0.2) is 36.8 Å². The van der Waals surface area contributed by atoms with Crippen LogP contribution in [0.25, 0.3) is 15.4 Å². The fraction of sp³-hybridized carbons (Fsp3) is 0.286. The van der Waals surface area contributed by atoms with Crippen molar-refractivity contribution in [2.75, 3.05) is 12.9 Å². The van der Waals surface area contributed by atoms with Gasteiger partial charge in [-0.25, -0.2) is 13.4 Å². The van der Waals surface area contributed by atoms with Crippen LogP contribution in [0.4, 0.5) is 0 Å². The molecule has 4 aromatic rings. The van der Waals surface area contributed by atoms with Crippen molar-refractivity contribution in [3.05, 3.63) is 90.0 Å². The van der Waals surface area contributed by atoms with Gasteiger partial charge in [-0.2, -0.15) is 0 Å². The second kappa shape index (κ2) is 10.8. The van der Waals surface area contributed by atoms with Crippen molar-refractivity contribution >= 4 is 27.1 Å². The predicted octanol–water partition coefficient (Wildman–Crippen LogP) is 6.02. The zero-order valence-electron chi connectivity index (χ0n) is 20.8. The Kier molecular flexibility index (Phi) is 7.76. The lowest BCUT2D eigenvalue weighted by Crippen LogP contribution is -2.21. The molecule has 0 fully saturated rings. The smallest absolute Gasteiger partial charge is 0.316 e. The number of thiophene rings is 1.